The second kappa shape index (κ2) is 6.39. The monoisotopic (exact) mass is 257 g/mol. The van der Waals surface area contributed by atoms with Gasteiger partial charge in [0.25, 0.3) is 0 Å². The first kappa shape index (κ1) is 12.9. The molecule has 98 valence electrons. The molecule has 19 heavy (non-hydrogen) atoms. The van der Waals surface area contributed by atoms with Gasteiger partial charge in [0, 0.05) is 24.4 Å². The van der Waals surface area contributed by atoms with Gasteiger partial charge >= 0.3 is 0 Å². The van der Waals surface area contributed by atoms with E-state index in [0.29, 0.717) is 17.9 Å². The van der Waals surface area contributed by atoms with Crippen LogP contribution in [0, 0.1) is 0 Å². The standard InChI is InChI=1S/C14H15N3O2/c15-14(17-18)12-4-1-5-13(9-12)19-8-6-11-3-2-7-16-10-11/h1-5,7,9-10,18H,6,8H2,(H2,15,17). The molecular formula is C14H15N3O2. The summed E-state index contributed by atoms with van der Waals surface area (Å²) in [4.78, 5) is 4.04. The van der Waals surface area contributed by atoms with Crippen LogP contribution in [0.5, 0.6) is 5.75 Å². The Kier molecular flexibility index (Phi) is 4.34. The van der Waals surface area contributed by atoms with Gasteiger partial charge in [-0.05, 0) is 23.8 Å². The highest BCUT2D eigenvalue weighted by molar-refractivity contribution is 5.97. The van der Waals surface area contributed by atoms with Crippen molar-refractivity contribution in [2.75, 3.05) is 6.61 Å². The Morgan fingerprint density at radius 1 is 1.32 bits per heavy atom. The van der Waals surface area contributed by atoms with Crippen LogP contribution in [0.4, 0.5) is 0 Å². The Balaban J connectivity index is 1.93. The number of ether oxygens (including phenoxy) is 1. The number of oxime groups is 1. The first-order valence-corrected chi connectivity index (χ1v) is 5.89. The van der Waals surface area contributed by atoms with Gasteiger partial charge in [-0.25, -0.2) is 0 Å². The fourth-order valence-electron chi connectivity index (χ4n) is 1.64. The van der Waals surface area contributed by atoms with Crippen molar-refractivity contribution in [1.29, 1.82) is 0 Å². The summed E-state index contributed by atoms with van der Waals surface area (Å²) < 4.78 is 5.63. The quantitative estimate of drug-likeness (QED) is 0.370. The lowest BCUT2D eigenvalue weighted by Gasteiger charge is -2.07. The van der Waals surface area contributed by atoms with Crippen molar-refractivity contribution in [3.05, 3.63) is 59.9 Å². The summed E-state index contributed by atoms with van der Waals surface area (Å²) in [5.41, 5.74) is 7.27. The smallest absolute Gasteiger partial charge is 0.170 e. The molecule has 0 radical (unpaired) electrons. The SMILES string of the molecule is NC(=NO)c1cccc(OCCc2cccnc2)c1. The fraction of sp³-hybridized carbons (Fsp3) is 0.143. The zero-order chi connectivity index (χ0) is 13.5. The van der Waals surface area contributed by atoms with Crippen molar-refractivity contribution < 1.29 is 9.94 Å². The molecule has 0 amide bonds. The summed E-state index contributed by atoms with van der Waals surface area (Å²) >= 11 is 0. The molecule has 0 saturated heterocycles. The van der Waals surface area contributed by atoms with Crippen LogP contribution in [0.2, 0.25) is 0 Å². The first-order valence-electron chi connectivity index (χ1n) is 5.89. The average Bonchev–Trinajstić information content (AvgIpc) is 2.48. The Morgan fingerprint density at radius 2 is 2.21 bits per heavy atom. The van der Waals surface area contributed by atoms with E-state index in [4.69, 9.17) is 15.7 Å². The zero-order valence-corrected chi connectivity index (χ0v) is 10.4. The highest BCUT2D eigenvalue weighted by atomic mass is 16.5. The molecule has 0 spiro atoms. The van der Waals surface area contributed by atoms with Gasteiger partial charge in [-0.1, -0.05) is 23.4 Å². The van der Waals surface area contributed by atoms with Crippen molar-refractivity contribution in [3.8, 4) is 5.75 Å². The number of aromatic nitrogens is 1. The number of hydrogen-bond donors (Lipinski definition) is 2. The molecule has 2 aromatic rings. The Hall–Kier alpha value is -2.56. The van der Waals surface area contributed by atoms with Crippen LogP contribution in [-0.2, 0) is 6.42 Å². The van der Waals surface area contributed by atoms with Crippen LogP contribution >= 0.6 is 0 Å². The van der Waals surface area contributed by atoms with E-state index in [-0.39, 0.29) is 5.84 Å². The number of nitrogens with two attached hydrogens (primary N) is 1. The Morgan fingerprint density at radius 3 is 2.95 bits per heavy atom. The van der Waals surface area contributed by atoms with Gasteiger partial charge in [-0.3, -0.25) is 4.98 Å². The van der Waals surface area contributed by atoms with Crippen LogP contribution in [0.1, 0.15) is 11.1 Å². The molecule has 0 fully saturated rings. The number of benzene rings is 1. The van der Waals surface area contributed by atoms with Crippen LogP contribution < -0.4 is 10.5 Å². The van der Waals surface area contributed by atoms with Crippen molar-refractivity contribution in [2.45, 2.75) is 6.42 Å². The molecule has 5 heteroatoms. The summed E-state index contributed by atoms with van der Waals surface area (Å²) in [5.74, 6) is 0.755. The van der Waals surface area contributed by atoms with Crippen LogP contribution in [0.25, 0.3) is 0 Å². The topological polar surface area (TPSA) is 80.7 Å². The maximum atomic E-state index is 8.62. The lowest BCUT2D eigenvalue weighted by Crippen LogP contribution is -2.13. The maximum absolute atomic E-state index is 8.62. The molecular weight excluding hydrogens is 242 g/mol. The minimum atomic E-state index is 0.0673. The lowest BCUT2D eigenvalue weighted by molar-refractivity contribution is 0.318. The molecule has 0 saturated carbocycles. The molecule has 3 N–H and O–H groups in total. The molecule has 1 aromatic carbocycles. The molecule has 0 aliphatic rings. The number of hydrogen-bond acceptors (Lipinski definition) is 4. The van der Waals surface area contributed by atoms with Crippen LogP contribution in [0.3, 0.4) is 0 Å². The molecule has 1 heterocycles. The molecule has 2 rings (SSSR count). The Bertz CT molecular complexity index is 556. The number of rotatable bonds is 5. The molecule has 1 aromatic heterocycles. The second-order valence-electron chi connectivity index (χ2n) is 3.97. The van der Waals surface area contributed by atoms with Gasteiger partial charge in [-0.2, -0.15) is 0 Å². The van der Waals surface area contributed by atoms with Crippen LogP contribution in [-0.4, -0.2) is 22.6 Å². The van der Waals surface area contributed by atoms with E-state index >= 15 is 0 Å². The fourth-order valence-corrected chi connectivity index (χ4v) is 1.64. The maximum Gasteiger partial charge on any atom is 0.170 e. The largest absolute Gasteiger partial charge is 0.493 e. The van der Waals surface area contributed by atoms with Crippen molar-refractivity contribution in [2.24, 2.45) is 10.9 Å². The Labute approximate surface area is 111 Å². The van der Waals surface area contributed by atoms with E-state index in [1.807, 2.05) is 24.4 Å². The summed E-state index contributed by atoms with van der Waals surface area (Å²) in [6.07, 6.45) is 4.34. The van der Waals surface area contributed by atoms with Crippen LogP contribution in [0.15, 0.2) is 53.9 Å². The molecule has 0 atom stereocenters. The minimum Gasteiger partial charge on any atom is -0.493 e. The molecule has 0 aliphatic carbocycles. The van der Waals surface area contributed by atoms with Crippen molar-refractivity contribution >= 4 is 5.84 Å². The third kappa shape index (κ3) is 3.70. The van der Waals surface area contributed by atoms with Crippen molar-refractivity contribution in [3.63, 3.8) is 0 Å². The second-order valence-corrected chi connectivity index (χ2v) is 3.97. The van der Waals surface area contributed by atoms with Crippen molar-refractivity contribution in [1.82, 2.24) is 4.98 Å². The summed E-state index contributed by atoms with van der Waals surface area (Å²) in [5, 5.41) is 11.6. The average molecular weight is 257 g/mol. The zero-order valence-electron chi connectivity index (χ0n) is 10.4. The van der Waals surface area contributed by atoms with E-state index in [2.05, 4.69) is 10.1 Å². The molecule has 0 aliphatic heterocycles. The predicted molar refractivity (Wildman–Crippen MR) is 72.4 cm³/mol. The van der Waals surface area contributed by atoms with Gasteiger partial charge in [0.1, 0.15) is 5.75 Å². The molecule has 5 nitrogen and oxygen atoms in total. The van der Waals surface area contributed by atoms with E-state index in [1.54, 1.807) is 24.4 Å². The third-order valence-corrected chi connectivity index (χ3v) is 2.62. The first-order chi connectivity index (χ1) is 9.29. The highest BCUT2D eigenvalue weighted by Gasteiger charge is 2.01. The number of amidine groups is 1. The molecule has 0 unspecified atom stereocenters. The third-order valence-electron chi connectivity index (χ3n) is 2.62. The predicted octanol–water partition coefficient (Wildman–Crippen LogP) is 1.80. The van der Waals surface area contributed by atoms with E-state index in [9.17, 15) is 0 Å². The summed E-state index contributed by atoms with van der Waals surface area (Å²) in [6, 6.07) is 11.0. The van der Waals surface area contributed by atoms with Gasteiger partial charge in [0.05, 0.1) is 6.61 Å². The van der Waals surface area contributed by atoms with Gasteiger partial charge < -0.3 is 15.7 Å². The normalized spacial score (nSPS) is 11.3. The minimum absolute atomic E-state index is 0.0673. The molecule has 0 bridgehead atoms. The lowest BCUT2D eigenvalue weighted by atomic mass is 10.2. The summed E-state index contributed by atoms with van der Waals surface area (Å²) in [7, 11) is 0. The number of pyridine rings is 1. The van der Waals surface area contributed by atoms with Gasteiger partial charge in [-0.15, -0.1) is 0 Å². The highest BCUT2D eigenvalue weighted by Crippen LogP contribution is 2.13. The van der Waals surface area contributed by atoms with E-state index in [0.717, 1.165) is 12.0 Å². The van der Waals surface area contributed by atoms with E-state index in [1.165, 1.54) is 0 Å². The van der Waals surface area contributed by atoms with Gasteiger partial charge in [0.2, 0.25) is 0 Å². The van der Waals surface area contributed by atoms with E-state index < -0.39 is 0 Å². The van der Waals surface area contributed by atoms with Gasteiger partial charge in [0.15, 0.2) is 5.84 Å². The summed E-state index contributed by atoms with van der Waals surface area (Å²) in [6.45, 7) is 0.547. The number of nitrogens with zero attached hydrogens (tertiary/aromatic N) is 2.